The molecule has 0 aliphatic heterocycles. The summed E-state index contributed by atoms with van der Waals surface area (Å²) in [5, 5.41) is 0. The van der Waals surface area contributed by atoms with Gasteiger partial charge in [0.25, 0.3) is 0 Å². The van der Waals surface area contributed by atoms with Crippen LogP contribution >= 0.6 is 0 Å². The van der Waals surface area contributed by atoms with Crippen molar-refractivity contribution in [2.75, 3.05) is 0 Å². The zero-order chi connectivity index (χ0) is 9.90. The van der Waals surface area contributed by atoms with Crippen LogP contribution in [0.15, 0.2) is 12.2 Å². The van der Waals surface area contributed by atoms with Crippen molar-refractivity contribution in [3.8, 4) is 0 Å². The number of aldehydes is 1. The van der Waals surface area contributed by atoms with E-state index in [1.807, 2.05) is 0 Å². The first-order valence-electron chi connectivity index (χ1n) is 5.20. The molecule has 0 radical (unpaired) electrons. The number of carbonyl (C=O) groups excluding carboxylic acids is 1. The van der Waals surface area contributed by atoms with Gasteiger partial charge in [-0.1, -0.05) is 39.7 Å². The summed E-state index contributed by atoms with van der Waals surface area (Å²) >= 11 is 0. The maximum Gasteiger partial charge on any atom is 0.142 e. The number of rotatable bonds is 2. The van der Waals surface area contributed by atoms with E-state index in [0.717, 1.165) is 12.2 Å². The molecule has 0 aromatic carbocycles. The Balaban J connectivity index is 2.74. The van der Waals surface area contributed by atoms with Gasteiger partial charge in [-0.15, -0.1) is 0 Å². The molecular formula is C12H20O. The zero-order valence-corrected chi connectivity index (χ0v) is 8.92. The molecule has 1 nitrogen and oxygen atoms in total. The third-order valence-electron chi connectivity index (χ3n) is 3.39. The Labute approximate surface area is 81.2 Å². The molecule has 0 saturated heterocycles. The summed E-state index contributed by atoms with van der Waals surface area (Å²) in [6, 6.07) is 0. The molecular weight excluding hydrogens is 160 g/mol. The molecule has 0 bridgehead atoms. The second-order valence-electron chi connectivity index (χ2n) is 4.90. The Kier molecular flexibility index (Phi) is 3.29. The molecule has 13 heavy (non-hydrogen) atoms. The largest absolute Gasteiger partial charge is 0.299 e. The van der Waals surface area contributed by atoms with Crippen LogP contribution in [0.3, 0.4) is 0 Å². The molecule has 0 aromatic heterocycles. The van der Waals surface area contributed by atoms with E-state index in [9.17, 15) is 4.79 Å². The van der Waals surface area contributed by atoms with Gasteiger partial charge in [-0.2, -0.15) is 0 Å². The first-order chi connectivity index (χ1) is 6.08. The van der Waals surface area contributed by atoms with Gasteiger partial charge >= 0.3 is 0 Å². The van der Waals surface area contributed by atoms with Crippen molar-refractivity contribution in [3.63, 3.8) is 0 Å². The number of allylic oxidation sites excluding steroid dienone is 2. The Morgan fingerprint density at radius 3 is 2.62 bits per heavy atom. The van der Waals surface area contributed by atoms with Gasteiger partial charge in [0.1, 0.15) is 6.29 Å². The maximum absolute atomic E-state index is 10.3. The molecule has 74 valence electrons. The van der Waals surface area contributed by atoms with E-state index in [-0.39, 0.29) is 0 Å². The van der Waals surface area contributed by atoms with Crippen LogP contribution in [0.5, 0.6) is 0 Å². The molecule has 0 spiro atoms. The number of hydrogen-bond donors (Lipinski definition) is 0. The van der Waals surface area contributed by atoms with E-state index >= 15 is 0 Å². The lowest BCUT2D eigenvalue weighted by atomic mass is 9.64. The summed E-state index contributed by atoms with van der Waals surface area (Å²) < 4.78 is 0. The molecule has 1 rings (SSSR count). The fourth-order valence-corrected chi connectivity index (χ4v) is 2.61. The van der Waals surface area contributed by atoms with E-state index in [1.165, 1.54) is 19.3 Å². The van der Waals surface area contributed by atoms with E-state index < -0.39 is 0 Å². The first kappa shape index (κ1) is 10.5. The van der Waals surface area contributed by atoms with E-state index in [0.29, 0.717) is 11.3 Å². The lowest BCUT2D eigenvalue weighted by Crippen LogP contribution is -2.32. The minimum atomic E-state index is 0.372. The third-order valence-corrected chi connectivity index (χ3v) is 3.39. The summed E-state index contributed by atoms with van der Waals surface area (Å²) in [5.74, 6) is 1.30. The van der Waals surface area contributed by atoms with E-state index in [2.05, 4.69) is 26.8 Å². The van der Waals surface area contributed by atoms with Crippen molar-refractivity contribution in [2.24, 2.45) is 17.3 Å². The molecule has 1 aliphatic rings. The molecule has 0 unspecified atom stereocenters. The Bertz CT molecular complexity index is 203. The van der Waals surface area contributed by atoms with Crippen molar-refractivity contribution in [1.82, 2.24) is 0 Å². The van der Waals surface area contributed by atoms with Gasteiger partial charge in [0.2, 0.25) is 0 Å². The van der Waals surface area contributed by atoms with Gasteiger partial charge in [0.15, 0.2) is 0 Å². The highest BCUT2D eigenvalue weighted by molar-refractivity contribution is 5.64. The average molecular weight is 180 g/mol. The van der Waals surface area contributed by atoms with Gasteiger partial charge in [-0.05, 0) is 29.7 Å². The Hall–Kier alpha value is -0.590. The van der Waals surface area contributed by atoms with E-state index in [1.54, 1.807) is 6.08 Å². The highest BCUT2D eigenvalue weighted by Gasteiger charge is 2.34. The second-order valence-corrected chi connectivity index (χ2v) is 4.90. The molecule has 0 amide bonds. The summed E-state index contributed by atoms with van der Waals surface area (Å²) in [6.07, 6.45) is 8.56. The van der Waals surface area contributed by atoms with Crippen molar-refractivity contribution >= 4 is 6.29 Å². The van der Waals surface area contributed by atoms with Crippen LogP contribution in [0.25, 0.3) is 0 Å². The predicted molar refractivity (Wildman–Crippen MR) is 55.5 cm³/mol. The van der Waals surface area contributed by atoms with Gasteiger partial charge in [0.05, 0.1) is 0 Å². The van der Waals surface area contributed by atoms with Gasteiger partial charge in [-0.25, -0.2) is 0 Å². The Morgan fingerprint density at radius 1 is 1.38 bits per heavy atom. The molecule has 1 aliphatic carbocycles. The van der Waals surface area contributed by atoms with Crippen LogP contribution in [0.4, 0.5) is 0 Å². The lowest BCUT2D eigenvalue weighted by Gasteiger charge is -2.41. The average Bonchev–Trinajstić information content (AvgIpc) is 2.02. The smallest absolute Gasteiger partial charge is 0.142 e. The van der Waals surface area contributed by atoms with Crippen molar-refractivity contribution in [2.45, 2.75) is 40.0 Å². The van der Waals surface area contributed by atoms with Gasteiger partial charge in [0, 0.05) is 0 Å². The van der Waals surface area contributed by atoms with Gasteiger partial charge < -0.3 is 0 Å². The van der Waals surface area contributed by atoms with Crippen molar-refractivity contribution in [1.29, 1.82) is 0 Å². The lowest BCUT2D eigenvalue weighted by molar-refractivity contribution is -0.104. The quantitative estimate of drug-likeness (QED) is 0.471. The molecule has 1 fully saturated rings. The van der Waals surface area contributed by atoms with Crippen LogP contribution in [0.1, 0.15) is 40.0 Å². The molecule has 2 atom stereocenters. The summed E-state index contributed by atoms with van der Waals surface area (Å²) in [4.78, 5) is 10.3. The van der Waals surface area contributed by atoms with E-state index in [4.69, 9.17) is 0 Å². The second kappa shape index (κ2) is 4.08. The highest BCUT2D eigenvalue weighted by Crippen LogP contribution is 2.44. The van der Waals surface area contributed by atoms with Crippen molar-refractivity contribution < 1.29 is 4.79 Å². The minimum Gasteiger partial charge on any atom is -0.299 e. The zero-order valence-electron chi connectivity index (χ0n) is 8.92. The molecule has 0 aromatic rings. The number of carbonyl (C=O) groups is 1. The highest BCUT2D eigenvalue weighted by atomic mass is 16.1. The summed E-state index contributed by atoms with van der Waals surface area (Å²) in [7, 11) is 0. The topological polar surface area (TPSA) is 17.1 Å². The fraction of sp³-hybridized carbons (Fsp3) is 0.750. The summed E-state index contributed by atoms with van der Waals surface area (Å²) in [5.41, 5.74) is 0.372. The standard InChI is InChI=1S/C12H20O/c1-10-6-4-8-12(2,3)11(10)7-5-9-13/h5,7,9-11H,4,6,8H2,1-3H3/b7-5+/t10-,11-/m0/s1. The predicted octanol–water partition coefficient (Wildman–Crippen LogP) is 3.20. The maximum atomic E-state index is 10.3. The monoisotopic (exact) mass is 180 g/mol. The van der Waals surface area contributed by atoms with Crippen LogP contribution in [0.2, 0.25) is 0 Å². The van der Waals surface area contributed by atoms with Crippen LogP contribution < -0.4 is 0 Å². The first-order valence-corrected chi connectivity index (χ1v) is 5.20. The molecule has 0 heterocycles. The molecule has 0 N–H and O–H groups in total. The van der Waals surface area contributed by atoms with Crippen molar-refractivity contribution in [3.05, 3.63) is 12.2 Å². The normalized spacial score (nSPS) is 33.5. The third kappa shape index (κ3) is 2.43. The summed E-state index contributed by atoms with van der Waals surface area (Å²) in [6.45, 7) is 6.91. The molecule has 1 saturated carbocycles. The number of hydrogen-bond acceptors (Lipinski definition) is 1. The minimum absolute atomic E-state index is 0.372. The van der Waals surface area contributed by atoms with Crippen LogP contribution in [0, 0.1) is 17.3 Å². The van der Waals surface area contributed by atoms with Crippen LogP contribution in [-0.2, 0) is 4.79 Å². The SMILES string of the molecule is C[C@H]1CCCC(C)(C)[C@H]1/C=C/C=O. The molecule has 1 heteroatoms. The Morgan fingerprint density at radius 2 is 2.08 bits per heavy atom. The van der Waals surface area contributed by atoms with Crippen LogP contribution in [-0.4, -0.2) is 6.29 Å². The fourth-order valence-electron chi connectivity index (χ4n) is 2.61. The van der Waals surface area contributed by atoms with Gasteiger partial charge in [-0.3, -0.25) is 4.79 Å².